The first-order chi connectivity index (χ1) is 16.2. The summed E-state index contributed by atoms with van der Waals surface area (Å²) >= 11 is 1.03. The lowest BCUT2D eigenvalue weighted by atomic mass is 9.79. The first-order valence-electron chi connectivity index (χ1n) is 10.7. The number of hydrogen-bond acceptors (Lipinski definition) is 8. The fraction of sp³-hybridized carbons (Fsp3) is 0.364. The second-order valence-corrected chi connectivity index (χ2v) is 9.51. The number of aliphatic hydroxyl groups excluding tert-OH is 1. The van der Waals surface area contributed by atoms with Crippen molar-refractivity contribution in [2.75, 3.05) is 18.6 Å². The highest BCUT2D eigenvalue weighted by Gasteiger charge is 2.56. The summed E-state index contributed by atoms with van der Waals surface area (Å²) in [5, 5.41) is 31.1. The number of aromatic hydroxyl groups is 1. The highest BCUT2D eigenvalue weighted by molar-refractivity contribution is 7.14. The van der Waals surface area contributed by atoms with Crippen LogP contribution in [0.5, 0.6) is 5.75 Å². The summed E-state index contributed by atoms with van der Waals surface area (Å²) in [4.78, 5) is 27.7. The molecular weight excluding hydrogens is 468 g/mol. The van der Waals surface area contributed by atoms with E-state index in [1.165, 1.54) is 16.9 Å². The standard InChI is InChI=1S/C22H21F2N5O4S/c1-3-28-21(33)17-19(32)18(31)14(10-29(17)27(2)22(28)8-13(30)9-22)20-26-25-16(34-20)6-11-4-5-12(23)7-15(11)24/h4-5,7,10,13,30,32H,3,6,8-9H2,1-2H3. The number of carbonyl (C=O) groups excluding carboxylic acids is 1. The topological polar surface area (TPSA) is 112 Å². The number of nitrogens with zero attached hydrogens (tertiary/aromatic N) is 5. The van der Waals surface area contributed by atoms with Crippen molar-refractivity contribution in [3.05, 3.63) is 62.5 Å². The number of rotatable bonds is 4. The zero-order valence-corrected chi connectivity index (χ0v) is 19.1. The van der Waals surface area contributed by atoms with Crippen LogP contribution in [0.2, 0.25) is 0 Å². The third-order valence-corrected chi connectivity index (χ3v) is 7.49. The number of hydrogen-bond donors (Lipinski definition) is 2. The van der Waals surface area contributed by atoms with Gasteiger partial charge in [0, 0.05) is 45.1 Å². The Hall–Kier alpha value is -3.38. The van der Waals surface area contributed by atoms with Crippen LogP contribution in [0.3, 0.4) is 0 Å². The van der Waals surface area contributed by atoms with Gasteiger partial charge in [0.05, 0.1) is 11.7 Å². The van der Waals surface area contributed by atoms with E-state index >= 15 is 0 Å². The number of benzene rings is 1. The first kappa shape index (κ1) is 22.4. The van der Waals surface area contributed by atoms with Crippen molar-refractivity contribution in [1.29, 1.82) is 0 Å². The summed E-state index contributed by atoms with van der Waals surface area (Å²) in [7, 11) is 1.72. The second-order valence-electron chi connectivity index (χ2n) is 8.44. The van der Waals surface area contributed by atoms with Crippen LogP contribution in [0.4, 0.5) is 8.78 Å². The molecule has 0 unspecified atom stereocenters. The quantitative estimate of drug-likeness (QED) is 0.575. The molecule has 12 heteroatoms. The van der Waals surface area contributed by atoms with Gasteiger partial charge in [-0.1, -0.05) is 17.4 Å². The average molecular weight is 490 g/mol. The minimum absolute atomic E-state index is 0.0317. The molecule has 1 aliphatic heterocycles. The molecule has 0 bridgehead atoms. The number of aliphatic hydroxyl groups is 1. The molecule has 3 heterocycles. The van der Waals surface area contributed by atoms with Gasteiger partial charge in [-0.05, 0) is 18.6 Å². The van der Waals surface area contributed by atoms with E-state index in [4.69, 9.17) is 0 Å². The van der Waals surface area contributed by atoms with Gasteiger partial charge < -0.3 is 15.1 Å². The Morgan fingerprint density at radius 2 is 1.97 bits per heavy atom. The smallest absolute Gasteiger partial charge is 0.278 e. The van der Waals surface area contributed by atoms with Crippen LogP contribution in [-0.4, -0.2) is 61.3 Å². The first-order valence-corrected chi connectivity index (χ1v) is 11.5. The van der Waals surface area contributed by atoms with Crippen molar-refractivity contribution in [2.45, 2.75) is 38.0 Å². The van der Waals surface area contributed by atoms with Crippen molar-refractivity contribution in [3.63, 3.8) is 0 Å². The van der Waals surface area contributed by atoms with E-state index in [-0.39, 0.29) is 28.2 Å². The van der Waals surface area contributed by atoms with Crippen LogP contribution in [-0.2, 0) is 6.42 Å². The lowest BCUT2D eigenvalue weighted by Gasteiger charge is -2.60. The van der Waals surface area contributed by atoms with Gasteiger partial charge in [0.25, 0.3) is 5.91 Å². The Bertz CT molecular complexity index is 1370. The van der Waals surface area contributed by atoms with E-state index < -0.39 is 40.5 Å². The van der Waals surface area contributed by atoms with Crippen LogP contribution in [0.25, 0.3) is 10.6 Å². The number of amides is 1. The van der Waals surface area contributed by atoms with Gasteiger partial charge in [0.15, 0.2) is 16.5 Å². The maximum Gasteiger partial charge on any atom is 0.278 e. The van der Waals surface area contributed by atoms with Gasteiger partial charge in [-0.15, -0.1) is 10.2 Å². The molecule has 2 aliphatic rings. The van der Waals surface area contributed by atoms with Crippen molar-refractivity contribution in [1.82, 2.24) is 19.8 Å². The molecule has 9 nitrogen and oxygen atoms in total. The number of aromatic nitrogens is 3. The number of pyridine rings is 1. The lowest BCUT2D eigenvalue weighted by molar-refractivity contribution is -0.0755. The Labute approximate surface area is 196 Å². The molecule has 2 N–H and O–H groups in total. The molecule has 0 radical (unpaired) electrons. The third kappa shape index (κ3) is 3.20. The molecule has 1 aliphatic carbocycles. The third-order valence-electron chi connectivity index (χ3n) is 6.54. The van der Waals surface area contributed by atoms with Gasteiger partial charge in [-0.2, -0.15) is 0 Å². The van der Waals surface area contributed by atoms with E-state index in [1.807, 2.05) is 0 Å². The molecule has 5 rings (SSSR count). The van der Waals surface area contributed by atoms with Crippen LogP contribution < -0.4 is 10.4 Å². The predicted molar refractivity (Wildman–Crippen MR) is 119 cm³/mol. The van der Waals surface area contributed by atoms with Gasteiger partial charge in [0.2, 0.25) is 5.43 Å². The summed E-state index contributed by atoms with van der Waals surface area (Å²) < 4.78 is 28.6. The van der Waals surface area contributed by atoms with Gasteiger partial charge in [0.1, 0.15) is 22.3 Å². The Balaban J connectivity index is 1.56. The van der Waals surface area contributed by atoms with Crippen LogP contribution in [0.15, 0.2) is 29.2 Å². The van der Waals surface area contributed by atoms with Gasteiger partial charge in [-0.3, -0.25) is 19.3 Å². The SMILES string of the molecule is CCN1C(=O)c2c(O)c(=O)c(-c3nnc(Cc4ccc(F)cc4F)s3)cn2N(C)C12CC(O)C2. The molecule has 34 heavy (non-hydrogen) atoms. The highest BCUT2D eigenvalue weighted by atomic mass is 32.1. The number of carbonyl (C=O) groups is 1. The molecule has 3 aromatic rings. The molecule has 1 amide bonds. The lowest BCUT2D eigenvalue weighted by Crippen LogP contribution is -2.75. The summed E-state index contributed by atoms with van der Waals surface area (Å²) in [6.07, 6.45) is 1.58. The minimum Gasteiger partial charge on any atom is -0.502 e. The molecule has 0 atom stereocenters. The van der Waals surface area contributed by atoms with Crippen molar-refractivity contribution in [3.8, 4) is 16.3 Å². The van der Waals surface area contributed by atoms with Gasteiger partial charge in [-0.25, -0.2) is 8.78 Å². The Morgan fingerprint density at radius 1 is 1.24 bits per heavy atom. The number of fused-ring (bicyclic) bond motifs is 1. The summed E-state index contributed by atoms with van der Waals surface area (Å²) in [6.45, 7) is 2.13. The molecule has 1 saturated carbocycles. The van der Waals surface area contributed by atoms with E-state index in [1.54, 1.807) is 23.9 Å². The fourth-order valence-electron chi connectivity index (χ4n) is 4.75. The maximum absolute atomic E-state index is 14.0. The van der Waals surface area contributed by atoms with Crippen LogP contribution >= 0.6 is 11.3 Å². The summed E-state index contributed by atoms with van der Waals surface area (Å²) in [6, 6.07) is 3.25. The number of halogens is 2. The van der Waals surface area contributed by atoms with Crippen LogP contribution in [0.1, 0.15) is 40.8 Å². The normalized spacial score (nSPS) is 21.7. The van der Waals surface area contributed by atoms with E-state index in [2.05, 4.69) is 10.2 Å². The van der Waals surface area contributed by atoms with E-state index in [0.717, 1.165) is 23.5 Å². The predicted octanol–water partition coefficient (Wildman–Crippen LogP) is 1.84. The highest BCUT2D eigenvalue weighted by Crippen LogP contribution is 2.44. The molecular formula is C22H21F2N5O4S. The zero-order valence-electron chi connectivity index (χ0n) is 18.3. The van der Waals surface area contributed by atoms with Crippen LogP contribution in [0, 0.1) is 11.6 Å². The van der Waals surface area contributed by atoms with Crippen molar-refractivity contribution in [2.24, 2.45) is 0 Å². The summed E-state index contributed by atoms with van der Waals surface area (Å²) in [5.74, 6) is -2.60. The largest absolute Gasteiger partial charge is 0.502 e. The van der Waals surface area contributed by atoms with E-state index in [0.29, 0.717) is 24.4 Å². The summed E-state index contributed by atoms with van der Waals surface area (Å²) in [5.41, 5.74) is -1.45. The molecule has 1 spiro atoms. The molecule has 1 aromatic carbocycles. The fourth-order valence-corrected chi connectivity index (χ4v) is 5.62. The van der Waals surface area contributed by atoms with E-state index in [9.17, 15) is 28.6 Å². The van der Waals surface area contributed by atoms with Gasteiger partial charge >= 0.3 is 0 Å². The minimum atomic E-state index is -0.774. The van der Waals surface area contributed by atoms with Crippen molar-refractivity contribution >= 4 is 17.2 Å². The maximum atomic E-state index is 14.0. The molecule has 2 aromatic heterocycles. The average Bonchev–Trinajstić information content (AvgIpc) is 3.23. The molecule has 0 saturated heterocycles. The monoisotopic (exact) mass is 489 g/mol. The van der Waals surface area contributed by atoms with Crippen molar-refractivity contribution < 1.29 is 23.8 Å². The Morgan fingerprint density at radius 3 is 2.62 bits per heavy atom. The Kier molecular flexibility index (Phi) is 5.17. The molecule has 1 fully saturated rings. The zero-order chi connectivity index (χ0) is 24.4. The second kappa shape index (κ2) is 7.84. The molecule has 178 valence electrons.